The van der Waals surface area contributed by atoms with Crippen molar-refractivity contribution in [2.24, 2.45) is 5.92 Å². The summed E-state index contributed by atoms with van der Waals surface area (Å²) in [7, 11) is 0. The van der Waals surface area contributed by atoms with Gasteiger partial charge in [0.2, 0.25) is 5.91 Å². The van der Waals surface area contributed by atoms with Crippen molar-refractivity contribution in [3.05, 3.63) is 18.5 Å². The van der Waals surface area contributed by atoms with E-state index in [-0.39, 0.29) is 5.91 Å². The van der Waals surface area contributed by atoms with Crippen LogP contribution < -0.4 is 5.32 Å². The van der Waals surface area contributed by atoms with Crippen molar-refractivity contribution < 1.29 is 4.79 Å². The Labute approximate surface area is 95.1 Å². The molecule has 0 saturated carbocycles. The lowest BCUT2D eigenvalue weighted by Crippen LogP contribution is -2.32. The van der Waals surface area contributed by atoms with E-state index in [9.17, 15) is 4.79 Å². The molecule has 0 aliphatic rings. The van der Waals surface area contributed by atoms with E-state index in [0.717, 1.165) is 6.42 Å². The standard InChI is InChI=1S/C11H16N4O/c1-2-4-10(9-12)11(16)13-6-8-15-7-3-5-14-15/h3,5,7,10H,2,4,6,8H2,1H3,(H,13,16). The molecule has 1 amide bonds. The Morgan fingerprint density at radius 3 is 3.06 bits per heavy atom. The number of nitrogens with one attached hydrogen (secondary N) is 1. The van der Waals surface area contributed by atoms with Crippen molar-refractivity contribution >= 4 is 5.91 Å². The summed E-state index contributed by atoms with van der Waals surface area (Å²) in [6.45, 7) is 3.09. The Morgan fingerprint density at radius 2 is 2.50 bits per heavy atom. The second-order valence-electron chi connectivity index (χ2n) is 3.53. The molecule has 0 saturated heterocycles. The lowest BCUT2D eigenvalue weighted by molar-refractivity contribution is -0.123. The fourth-order valence-corrected chi connectivity index (χ4v) is 1.39. The molecule has 0 aliphatic heterocycles. The van der Waals surface area contributed by atoms with Gasteiger partial charge in [-0.05, 0) is 12.5 Å². The SMILES string of the molecule is CCCC(C#N)C(=O)NCCn1cccn1. The van der Waals surface area contributed by atoms with Crippen LogP contribution in [-0.2, 0) is 11.3 Å². The minimum atomic E-state index is -0.525. The maximum absolute atomic E-state index is 11.5. The van der Waals surface area contributed by atoms with Crippen LogP contribution in [0.1, 0.15) is 19.8 Å². The highest BCUT2D eigenvalue weighted by Crippen LogP contribution is 2.04. The number of aromatic nitrogens is 2. The Balaban J connectivity index is 2.27. The van der Waals surface area contributed by atoms with Crippen molar-refractivity contribution in [2.45, 2.75) is 26.3 Å². The van der Waals surface area contributed by atoms with Crippen LogP contribution in [0.4, 0.5) is 0 Å². The molecule has 1 aromatic heterocycles. The third-order valence-electron chi connectivity index (χ3n) is 2.25. The summed E-state index contributed by atoms with van der Waals surface area (Å²) in [5.74, 6) is -0.709. The first-order chi connectivity index (χ1) is 7.77. The van der Waals surface area contributed by atoms with Gasteiger partial charge in [-0.3, -0.25) is 9.48 Å². The first-order valence-electron chi connectivity index (χ1n) is 5.42. The van der Waals surface area contributed by atoms with Gasteiger partial charge in [0.1, 0.15) is 5.92 Å². The molecule has 1 atom stereocenters. The van der Waals surface area contributed by atoms with Gasteiger partial charge < -0.3 is 5.32 Å². The predicted octanol–water partition coefficient (Wildman–Crippen LogP) is 0.939. The van der Waals surface area contributed by atoms with E-state index in [4.69, 9.17) is 5.26 Å². The van der Waals surface area contributed by atoms with Gasteiger partial charge in [-0.25, -0.2) is 0 Å². The van der Waals surface area contributed by atoms with Crippen molar-refractivity contribution in [2.75, 3.05) is 6.54 Å². The second kappa shape index (κ2) is 6.62. The lowest BCUT2D eigenvalue weighted by atomic mass is 10.1. The van der Waals surface area contributed by atoms with Gasteiger partial charge in [-0.2, -0.15) is 10.4 Å². The van der Waals surface area contributed by atoms with Gasteiger partial charge >= 0.3 is 0 Å². The average Bonchev–Trinajstić information content (AvgIpc) is 2.78. The quantitative estimate of drug-likeness (QED) is 0.775. The van der Waals surface area contributed by atoms with Crippen LogP contribution in [0.2, 0.25) is 0 Å². The number of amides is 1. The first kappa shape index (κ1) is 12.2. The molecule has 0 aliphatic carbocycles. The molecule has 5 nitrogen and oxygen atoms in total. The molecule has 0 bridgehead atoms. The molecule has 1 aromatic rings. The zero-order valence-corrected chi connectivity index (χ0v) is 9.39. The van der Waals surface area contributed by atoms with Gasteiger partial charge in [0.05, 0.1) is 12.6 Å². The van der Waals surface area contributed by atoms with Crippen molar-refractivity contribution in [3.8, 4) is 6.07 Å². The number of nitriles is 1. The van der Waals surface area contributed by atoms with E-state index in [1.807, 2.05) is 25.3 Å². The van der Waals surface area contributed by atoms with Crippen LogP contribution >= 0.6 is 0 Å². The molecule has 1 N–H and O–H groups in total. The van der Waals surface area contributed by atoms with Gasteiger partial charge in [-0.15, -0.1) is 0 Å². The van der Waals surface area contributed by atoms with E-state index < -0.39 is 5.92 Å². The maximum Gasteiger partial charge on any atom is 0.237 e. The minimum Gasteiger partial charge on any atom is -0.353 e. The summed E-state index contributed by atoms with van der Waals surface area (Å²) >= 11 is 0. The molecule has 5 heteroatoms. The topological polar surface area (TPSA) is 70.7 Å². The molecular formula is C11H16N4O. The molecule has 1 heterocycles. The lowest BCUT2D eigenvalue weighted by Gasteiger charge is -2.08. The smallest absolute Gasteiger partial charge is 0.237 e. The van der Waals surface area contributed by atoms with Crippen molar-refractivity contribution in [1.29, 1.82) is 5.26 Å². The zero-order chi connectivity index (χ0) is 11.8. The molecule has 0 spiro atoms. The normalized spacial score (nSPS) is 11.8. The monoisotopic (exact) mass is 220 g/mol. The van der Waals surface area contributed by atoms with Crippen molar-refractivity contribution in [3.63, 3.8) is 0 Å². The average molecular weight is 220 g/mol. The first-order valence-corrected chi connectivity index (χ1v) is 5.42. The van der Waals surface area contributed by atoms with Gasteiger partial charge in [0.15, 0.2) is 0 Å². The maximum atomic E-state index is 11.5. The van der Waals surface area contributed by atoms with Crippen LogP contribution in [0.5, 0.6) is 0 Å². The van der Waals surface area contributed by atoms with Crippen LogP contribution in [0.3, 0.4) is 0 Å². The molecule has 0 radical (unpaired) electrons. The van der Waals surface area contributed by atoms with E-state index in [1.165, 1.54) is 0 Å². The molecule has 1 rings (SSSR count). The number of rotatable bonds is 6. The van der Waals surface area contributed by atoms with Crippen molar-refractivity contribution in [1.82, 2.24) is 15.1 Å². The largest absolute Gasteiger partial charge is 0.353 e. The summed E-state index contributed by atoms with van der Waals surface area (Å²) in [6, 6.07) is 3.84. The summed E-state index contributed by atoms with van der Waals surface area (Å²) in [4.78, 5) is 11.5. The third-order valence-corrected chi connectivity index (χ3v) is 2.25. The number of carbonyl (C=O) groups excluding carboxylic acids is 1. The van der Waals surface area contributed by atoms with Crippen LogP contribution in [0.25, 0.3) is 0 Å². The molecule has 86 valence electrons. The highest BCUT2D eigenvalue weighted by atomic mass is 16.1. The zero-order valence-electron chi connectivity index (χ0n) is 9.39. The number of hydrogen-bond donors (Lipinski definition) is 1. The Morgan fingerprint density at radius 1 is 1.69 bits per heavy atom. The van der Waals surface area contributed by atoms with E-state index in [2.05, 4.69) is 10.4 Å². The van der Waals surface area contributed by atoms with E-state index >= 15 is 0 Å². The number of nitrogens with zero attached hydrogens (tertiary/aromatic N) is 3. The minimum absolute atomic E-state index is 0.184. The van der Waals surface area contributed by atoms with Gasteiger partial charge in [0, 0.05) is 18.9 Å². The van der Waals surface area contributed by atoms with Crippen LogP contribution in [0.15, 0.2) is 18.5 Å². The fourth-order valence-electron chi connectivity index (χ4n) is 1.39. The summed E-state index contributed by atoms with van der Waals surface area (Å²) in [6.07, 6.45) is 4.98. The highest BCUT2D eigenvalue weighted by Gasteiger charge is 2.15. The third kappa shape index (κ3) is 3.73. The van der Waals surface area contributed by atoms with E-state index in [1.54, 1.807) is 10.9 Å². The Kier molecular flexibility index (Phi) is 5.06. The number of hydrogen-bond acceptors (Lipinski definition) is 3. The molecule has 16 heavy (non-hydrogen) atoms. The molecule has 1 unspecified atom stereocenters. The van der Waals surface area contributed by atoms with Crippen LogP contribution in [0, 0.1) is 17.2 Å². The summed E-state index contributed by atoms with van der Waals surface area (Å²) in [5, 5.41) is 15.5. The van der Waals surface area contributed by atoms with E-state index in [0.29, 0.717) is 19.5 Å². The summed E-state index contributed by atoms with van der Waals surface area (Å²) < 4.78 is 1.74. The highest BCUT2D eigenvalue weighted by molar-refractivity contribution is 5.80. The molecule has 0 fully saturated rings. The second-order valence-corrected chi connectivity index (χ2v) is 3.53. The summed E-state index contributed by atoms with van der Waals surface area (Å²) in [5.41, 5.74) is 0. The predicted molar refractivity (Wildman–Crippen MR) is 59.2 cm³/mol. The fraction of sp³-hybridized carbons (Fsp3) is 0.545. The van der Waals surface area contributed by atoms with Gasteiger partial charge in [-0.1, -0.05) is 13.3 Å². The Bertz CT molecular complexity index is 353. The molecular weight excluding hydrogens is 204 g/mol. The van der Waals surface area contributed by atoms with Gasteiger partial charge in [0.25, 0.3) is 0 Å². The van der Waals surface area contributed by atoms with Crippen LogP contribution in [-0.4, -0.2) is 22.2 Å². The number of carbonyl (C=O) groups is 1. The molecule has 0 aromatic carbocycles. The Hall–Kier alpha value is -1.83.